The molecule has 2 aromatic carbocycles. The van der Waals surface area contributed by atoms with Crippen LogP contribution in [-0.2, 0) is 35.9 Å². The van der Waals surface area contributed by atoms with Gasteiger partial charge in [0, 0.05) is 30.8 Å². The van der Waals surface area contributed by atoms with Gasteiger partial charge in [-0.05, 0) is 73.2 Å². The standard InChI is InChI=1S/C39H46Cl2N4O10/c1-21-24(18-54-35-30(40)13-26(33(44-35)52-5)15-42-17-32(47)23(3)37(48)49)9-7-11-28(21)29-12-8-10-25(22(29)2)19-55-36-31(41)14-27(34(45-36)53-6)16-43-39(4,20-46)38(50)51/h7-14,23,32,42-43,46-47H,15-20H2,1-6H3,(H,48,49)(H,50,51)/t23-,32?,39+/m1/s1. The molecule has 0 amide bonds. The lowest BCUT2D eigenvalue weighted by atomic mass is 9.92. The summed E-state index contributed by atoms with van der Waals surface area (Å²) in [6.07, 6.45) is -1.08. The molecule has 16 heteroatoms. The van der Waals surface area contributed by atoms with E-state index in [9.17, 15) is 24.9 Å². The third-order valence-corrected chi connectivity index (χ3v) is 9.90. The van der Waals surface area contributed by atoms with Gasteiger partial charge in [0.1, 0.15) is 28.8 Å². The van der Waals surface area contributed by atoms with Crippen molar-refractivity contribution in [3.63, 3.8) is 0 Å². The average molecular weight is 802 g/mol. The summed E-state index contributed by atoms with van der Waals surface area (Å²) in [6, 6.07) is 15.1. The number of nitrogens with zero attached hydrogens (tertiary/aromatic N) is 2. The first-order chi connectivity index (χ1) is 26.1. The highest BCUT2D eigenvalue weighted by molar-refractivity contribution is 6.32. The zero-order chi connectivity index (χ0) is 40.4. The van der Waals surface area contributed by atoms with E-state index in [-0.39, 0.29) is 66.4 Å². The summed E-state index contributed by atoms with van der Waals surface area (Å²) in [5.41, 5.74) is 5.28. The Labute approximate surface area is 329 Å². The zero-order valence-electron chi connectivity index (χ0n) is 31.4. The molecule has 0 spiro atoms. The third kappa shape index (κ3) is 10.5. The molecule has 2 heterocycles. The van der Waals surface area contributed by atoms with E-state index >= 15 is 0 Å². The second-order valence-electron chi connectivity index (χ2n) is 13.1. The van der Waals surface area contributed by atoms with Gasteiger partial charge < -0.3 is 44.7 Å². The predicted molar refractivity (Wildman–Crippen MR) is 206 cm³/mol. The number of carboxylic acid groups (broad SMARTS) is 2. The highest BCUT2D eigenvalue weighted by Gasteiger charge is 2.32. The van der Waals surface area contributed by atoms with E-state index in [2.05, 4.69) is 20.6 Å². The number of nitrogens with one attached hydrogen (secondary N) is 2. The molecule has 0 aliphatic heterocycles. The summed E-state index contributed by atoms with van der Waals surface area (Å²) in [5.74, 6) is -2.43. The number of pyridine rings is 2. The van der Waals surface area contributed by atoms with Crippen molar-refractivity contribution < 1.29 is 49.0 Å². The van der Waals surface area contributed by atoms with Crippen molar-refractivity contribution in [3.8, 4) is 34.6 Å². The molecule has 4 rings (SSSR count). The van der Waals surface area contributed by atoms with Gasteiger partial charge in [0.25, 0.3) is 0 Å². The van der Waals surface area contributed by atoms with Crippen molar-refractivity contribution in [2.24, 2.45) is 5.92 Å². The first-order valence-electron chi connectivity index (χ1n) is 17.2. The van der Waals surface area contributed by atoms with Gasteiger partial charge in [-0.3, -0.25) is 14.9 Å². The largest absolute Gasteiger partial charge is 0.481 e. The Bertz CT molecular complexity index is 2000. The van der Waals surface area contributed by atoms with Crippen LogP contribution in [0.1, 0.15) is 47.2 Å². The summed E-state index contributed by atoms with van der Waals surface area (Å²) in [5, 5.41) is 44.5. The van der Waals surface area contributed by atoms with E-state index in [0.29, 0.717) is 11.1 Å². The number of aromatic nitrogens is 2. The average Bonchev–Trinajstić information content (AvgIpc) is 3.16. The summed E-state index contributed by atoms with van der Waals surface area (Å²) in [7, 11) is 2.90. The lowest BCUT2D eigenvalue weighted by Gasteiger charge is -2.24. The van der Waals surface area contributed by atoms with E-state index in [1.165, 1.54) is 28.1 Å². The Morgan fingerprint density at radius 3 is 1.69 bits per heavy atom. The number of aliphatic carboxylic acids is 2. The van der Waals surface area contributed by atoms with Crippen LogP contribution in [0.3, 0.4) is 0 Å². The molecule has 0 radical (unpaired) electrons. The molecule has 0 saturated heterocycles. The van der Waals surface area contributed by atoms with Gasteiger partial charge in [-0.25, -0.2) is 0 Å². The van der Waals surface area contributed by atoms with E-state index in [0.717, 1.165) is 33.4 Å². The normalized spacial score (nSPS) is 13.4. The summed E-state index contributed by atoms with van der Waals surface area (Å²) in [6.45, 7) is 6.82. The monoisotopic (exact) mass is 800 g/mol. The van der Waals surface area contributed by atoms with Gasteiger partial charge in [-0.15, -0.1) is 0 Å². The quantitative estimate of drug-likeness (QED) is 0.0669. The molecular weight excluding hydrogens is 755 g/mol. The maximum Gasteiger partial charge on any atom is 0.326 e. The molecule has 0 aliphatic carbocycles. The van der Waals surface area contributed by atoms with Crippen molar-refractivity contribution in [1.29, 1.82) is 0 Å². The molecule has 1 unspecified atom stereocenters. The number of hydrogen-bond donors (Lipinski definition) is 6. The number of ether oxygens (including phenoxy) is 4. The van der Waals surface area contributed by atoms with Gasteiger partial charge in [-0.2, -0.15) is 9.97 Å². The fourth-order valence-corrected chi connectivity index (χ4v) is 5.99. The molecule has 0 fully saturated rings. The molecular formula is C39H46Cl2N4O10. The first kappa shape index (κ1) is 43.0. The Balaban J connectivity index is 1.46. The van der Waals surface area contributed by atoms with Crippen molar-refractivity contribution in [3.05, 3.63) is 92.0 Å². The number of aliphatic hydroxyl groups excluding tert-OH is 2. The van der Waals surface area contributed by atoms with Crippen LogP contribution in [0.5, 0.6) is 23.5 Å². The van der Waals surface area contributed by atoms with Crippen LogP contribution in [0.4, 0.5) is 0 Å². The van der Waals surface area contributed by atoms with Gasteiger partial charge in [-0.1, -0.05) is 59.6 Å². The smallest absolute Gasteiger partial charge is 0.326 e. The number of halogens is 2. The minimum atomic E-state index is -1.57. The molecule has 4 aromatic rings. The SMILES string of the molecule is COc1nc(OCc2cccc(-c3cccc(COc4nc(OC)c(CN[C@@](C)(CO)C(=O)O)cc4Cl)c3C)c2C)c(Cl)cc1CNCC(O)[C@@H](C)C(=O)O. The number of methoxy groups -OCH3 is 2. The molecule has 0 saturated carbocycles. The Hall–Kier alpha value is -4.70. The minimum absolute atomic E-state index is 0.0244. The third-order valence-electron chi connectivity index (χ3n) is 9.36. The Kier molecular flexibility index (Phi) is 15.1. The second-order valence-corrected chi connectivity index (χ2v) is 13.9. The number of aliphatic hydroxyl groups is 2. The summed E-state index contributed by atoms with van der Waals surface area (Å²) >= 11 is 13.1. The fraction of sp³-hybridized carbons (Fsp3) is 0.385. The van der Waals surface area contributed by atoms with Crippen LogP contribution in [0, 0.1) is 19.8 Å². The second kappa shape index (κ2) is 19.2. The maximum atomic E-state index is 11.6. The van der Waals surface area contributed by atoms with Crippen LogP contribution >= 0.6 is 23.2 Å². The van der Waals surface area contributed by atoms with Crippen molar-refractivity contribution in [2.75, 3.05) is 27.4 Å². The Morgan fingerprint density at radius 1 is 0.800 bits per heavy atom. The highest BCUT2D eigenvalue weighted by atomic mass is 35.5. The van der Waals surface area contributed by atoms with Gasteiger partial charge in [0.15, 0.2) is 0 Å². The van der Waals surface area contributed by atoms with Crippen molar-refractivity contribution in [1.82, 2.24) is 20.6 Å². The molecule has 3 atom stereocenters. The van der Waals surface area contributed by atoms with Crippen LogP contribution in [-0.4, -0.2) is 81.3 Å². The minimum Gasteiger partial charge on any atom is -0.481 e. The molecule has 296 valence electrons. The summed E-state index contributed by atoms with van der Waals surface area (Å²) < 4.78 is 23.0. The number of hydrogen-bond acceptors (Lipinski definition) is 12. The lowest BCUT2D eigenvalue weighted by Crippen LogP contribution is -2.52. The van der Waals surface area contributed by atoms with E-state index in [4.69, 9.17) is 47.3 Å². The number of benzene rings is 2. The molecule has 14 nitrogen and oxygen atoms in total. The first-order valence-corrected chi connectivity index (χ1v) is 18.0. The number of carbonyl (C=O) groups is 2. The molecule has 0 bridgehead atoms. The molecule has 6 N–H and O–H groups in total. The van der Waals surface area contributed by atoms with Crippen LogP contribution in [0.25, 0.3) is 11.1 Å². The number of rotatable bonds is 20. The fourth-order valence-electron chi connectivity index (χ4n) is 5.54. The van der Waals surface area contributed by atoms with Crippen LogP contribution < -0.4 is 29.6 Å². The van der Waals surface area contributed by atoms with Crippen LogP contribution in [0.2, 0.25) is 10.0 Å². The van der Waals surface area contributed by atoms with Gasteiger partial charge >= 0.3 is 11.9 Å². The van der Waals surface area contributed by atoms with E-state index < -0.39 is 36.1 Å². The molecule has 55 heavy (non-hydrogen) atoms. The molecule has 2 aromatic heterocycles. The predicted octanol–water partition coefficient (Wildman–Crippen LogP) is 5.34. The zero-order valence-corrected chi connectivity index (χ0v) is 32.9. The number of carboxylic acids is 2. The summed E-state index contributed by atoms with van der Waals surface area (Å²) in [4.78, 5) is 31.6. The topological polar surface area (TPSA) is 202 Å². The van der Waals surface area contributed by atoms with Gasteiger partial charge in [0.05, 0.1) is 32.8 Å². The van der Waals surface area contributed by atoms with E-state index in [1.54, 1.807) is 12.1 Å². The highest BCUT2D eigenvalue weighted by Crippen LogP contribution is 2.34. The lowest BCUT2D eigenvalue weighted by molar-refractivity contribution is -0.146. The maximum absolute atomic E-state index is 11.6. The van der Waals surface area contributed by atoms with E-state index in [1.807, 2.05) is 50.2 Å². The Morgan fingerprint density at radius 2 is 1.27 bits per heavy atom. The van der Waals surface area contributed by atoms with Gasteiger partial charge in [0.2, 0.25) is 23.5 Å². The molecule has 0 aliphatic rings. The van der Waals surface area contributed by atoms with Crippen molar-refractivity contribution >= 4 is 35.1 Å². The van der Waals surface area contributed by atoms with Crippen LogP contribution in [0.15, 0.2) is 48.5 Å². The van der Waals surface area contributed by atoms with Crippen molar-refractivity contribution in [2.45, 2.75) is 65.6 Å².